The summed E-state index contributed by atoms with van der Waals surface area (Å²) in [5.41, 5.74) is 0. The predicted octanol–water partition coefficient (Wildman–Crippen LogP) is 1.09. The molecule has 2 heterocycles. The monoisotopic (exact) mass is 237 g/mol. The Bertz CT molecular complexity index is 381. The molecule has 0 amide bonds. The second-order valence-electron chi connectivity index (χ2n) is 4.93. The van der Waals surface area contributed by atoms with E-state index in [4.69, 9.17) is 4.52 Å². The molecule has 2 rings (SSSR count). The van der Waals surface area contributed by atoms with Crippen LogP contribution < -0.4 is 0 Å². The van der Waals surface area contributed by atoms with E-state index in [2.05, 4.69) is 22.1 Å². The van der Waals surface area contributed by atoms with Crippen LogP contribution in [0.25, 0.3) is 0 Å². The van der Waals surface area contributed by atoms with Crippen LogP contribution in [0, 0.1) is 5.92 Å². The average molecular weight is 237 g/mol. The van der Waals surface area contributed by atoms with Crippen molar-refractivity contribution >= 4 is 5.78 Å². The number of aromatic nitrogens is 2. The third kappa shape index (κ3) is 3.63. The van der Waals surface area contributed by atoms with E-state index >= 15 is 0 Å². The van der Waals surface area contributed by atoms with Gasteiger partial charge in [-0.05, 0) is 45.8 Å². The fraction of sp³-hybridized carbons (Fsp3) is 0.750. The van der Waals surface area contributed by atoms with E-state index in [9.17, 15) is 4.79 Å². The Morgan fingerprint density at radius 1 is 1.47 bits per heavy atom. The molecule has 0 radical (unpaired) electrons. The molecule has 1 aliphatic heterocycles. The van der Waals surface area contributed by atoms with Crippen LogP contribution in [0.1, 0.15) is 31.5 Å². The molecule has 0 atom stereocenters. The summed E-state index contributed by atoms with van der Waals surface area (Å²) in [4.78, 5) is 17.5. The van der Waals surface area contributed by atoms with E-state index in [0.29, 0.717) is 17.6 Å². The summed E-state index contributed by atoms with van der Waals surface area (Å²) in [6.07, 6.45) is 3.48. The molecule has 1 aromatic rings. The van der Waals surface area contributed by atoms with E-state index in [1.807, 2.05) is 0 Å². The Hall–Kier alpha value is -1.23. The molecule has 0 spiro atoms. The van der Waals surface area contributed by atoms with Crippen LogP contribution >= 0.6 is 0 Å². The van der Waals surface area contributed by atoms with E-state index in [0.717, 1.165) is 19.5 Å². The molecule has 0 saturated carbocycles. The minimum atomic E-state index is 0.0663. The second-order valence-corrected chi connectivity index (χ2v) is 4.93. The van der Waals surface area contributed by atoms with Gasteiger partial charge in [-0.3, -0.25) is 4.79 Å². The van der Waals surface area contributed by atoms with Crippen LogP contribution in [-0.4, -0.2) is 41.0 Å². The van der Waals surface area contributed by atoms with E-state index in [-0.39, 0.29) is 12.2 Å². The third-order valence-electron chi connectivity index (χ3n) is 3.22. The predicted molar refractivity (Wildman–Crippen MR) is 62.6 cm³/mol. The normalized spacial score (nSPS) is 18.5. The minimum Gasteiger partial charge on any atom is -0.339 e. The highest BCUT2D eigenvalue weighted by Crippen LogP contribution is 2.20. The van der Waals surface area contributed by atoms with Crippen LogP contribution in [0.2, 0.25) is 0 Å². The van der Waals surface area contributed by atoms with Crippen molar-refractivity contribution in [1.29, 1.82) is 0 Å². The first-order chi connectivity index (χ1) is 8.13. The molecule has 5 nitrogen and oxygen atoms in total. The van der Waals surface area contributed by atoms with Gasteiger partial charge >= 0.3 is 0 Å². The van der Waals surface area contributed by atoms with E-state index in [1.54, 1.807) is 0 Å². The molecule has 17 heavy (non-hydrogen) atoms. The summed E-state index contributed by atoms with van der Waals surface area (Å²) in [5, 5.41) is 3.82. The Labute approximate surface area is 101 Å². The van der Waals surface area contributed by atoms with Crippen LogP contribution in [0.15, 0.2) is 4.52 Å². The molecule has 0 unspecified atom stereocenters. The van der Waals surface area contributed by atoms with Crippen molar-refractivity contribution in [3.05, 3.63) is 11.7 Å². The van der Waals surface area contributed by atoms with Crippen molar-refractivity contribution in [2.24, 2.45) is 5.92 Å². The van der Waals surface area contributed by atoms with Crippen LogP contribution in [0.3, 0.4) is 0 Å². The molecule has 1 aromatic heterocycles. The van der Waals surface area contributed by atoms with Crippen molar-refractivity contribution in [3.63, 3.8) is 0 Å². The van der Waals surface area contributed by atoms with Gasteiger partial charge < -0.3 is 9.42 Å². The molecular formula is C12H19N3O2. The number of rotatable bonds is 4. The van der Waals surface area contributed by atoms with Crippen molar-refractivity contribution < 1.29 is 9.32 Å². The van der Waals surface area contributed by atoms with Gasteiger partial charge in [-0.1, -0.05) is 5.16 Å². The van der Waals surface area contributed by atoms with Crippen LogP contribution in [0.4, 0.5) is 0 Å². The molecule has 5 heteroatoms. The third-order valence-corrected chi connectivity index (χ3v) is 3.22. The lowest BCUT2D eigenvalue weighted by atomic mass is 9.94. The summed E-state index contributed by atoms with van der Waals surface area (Å²) in [6, 6.07) is 0. The number of ketones is 1. The van der Waals surface area contributed by atoms with Crippen molar-refractivity contribution in [3.8, 4) is 0 Å². The van der Waals surface area contributed by atoms with Gasteiger partial charge in [-0.25, -0.2) is 0 Å². The maximum Gasteiger partial charge on any atom is 0.226 e. The number of piperidine rings is 1. The summed E-state index contributed by atoms with van der Waals surface area (Å²) in [6.45, 7) is 3.81. The highest BCUT2D eigenvalue weighted by molar-refractivity contribution is 5.77. The molecule has 1 fully saturated rings. The first-order valence-corrected chi connectivity index (χ1v) is 6.13. The summed E-state index contributed by atoms with van der Waals surface area (Å²) < 4.78 is 5.17. The standard InChI is InChI=1S/C12H19N3O2/c1-9(16)7-11-13-12(17-14-11)8-10-3-5-15(2)6-4-10/h10H,3-8H2,1-2H3. The molecular weight excluding hydrogens is 218 g/mol. The van der Waals surface area contributed by atoms with Gasteiger partial charge in [0.15, 0.2) is 5.82 Å². The van der Waals surface area contributed by atoms with Crippen LogP contribution in [0.5, 0.6) is 0 Å². The first-order valence-electron chi connectivity index (χ1n) is 6.13. The molecule has 0 aromatic carbocycles. The van der Waals surface area contributed by atoms with Gasteiger partial charge in [0.1, 0.15) is 5.78 Å². The van der Waals surface area contributed by atoms with Gasteiger partial charge in [0, 0.05) is 6.42 Å². The lowest BCUT2D eigenvalue weighted by molar-refractivity contribution is -0.116. The first kappa shape index (κ1) is 12.2. The average Bonchev–Trinajstić information content (AvgIpc) is 2.68. The quantitative estimate of drug-likeness (QED) is 0.784. The highest BCUT2D eigenvalue weighted by atomic mass is 16.5. The maximum atomic E-state index is 10.9. The molecule has 0 N–H and O–H groups in total. The fourth-order valence-corrected chi connectivity index (χ4v) is 2.18. The second kappa shape index (κ2) is 5.40. The van der Waals surface area contributed by atoms with E-state index in [1.165, 1.54) is 19.8 Å². The van der Waals surface area contributed by atoms with Crippen molar-refractivity contribution in [2.75, 3.05) is 20.1 Å². The van der Waals surface area contributed by atoms with Crippen LogP contribution in [-0.2, 0) is 17.6 Å². The molecule has 1 aliphatic rings. The zero-order chi connectivity index (χ0) is 12.3. The van der Waals surface area contributed by atoms with Gasteiger partial charge in [0.25, 0.3) is 0 Å². The van der Waals surface area contributed by atoms with Crippen molar-refractivity contribution in [1.82, 2.24) is 15.0 Å². The zero-order valence-electron chi connectivity index (χ0n) is 10.5. The molecule has 94 valence electrons. The smallest absolute Gasteiger partial charge is 0.226 e. The van der Waals surface area contributed by atoms with Gasteiger partial charge in [-0.2, -0.15) is 4.98 Å². The fourth-order valence-electron chi connectivity index (χ4n) is 2.18. The van der Waals surface area contributed by atoms with E-state index < -0.39 is 0 Å². The summed E-state index contributed by atoms with van der Waals surface area (Å²) in [7, 11) is 2.15. The number of likely N-dealkylation sites (tertiary alicyclic amines) is 1. The summed E-state index contributed by atoms with van der Waals surface area (Å²) >= 11 is 0. The summed E-state index contributed by atoms with van der Waals surface area (Å²) in [5.74, 6) is 1.89. The Kier molecular flexibility index (Phi) is 3.89. The van der Waals surface area contributed by atoms with Gasteiger partial charge in [-0.15, -0.1) is 0 Å². The number of hydrogen-bond acceptors (Lipinski definition) is 5. The SMILES string of the molecule is CC(=O)Cc1noc(CC2CCN(C)CC2)n1. The Morgan fingerprint density at radius 3 is 2.82 bits per heavy atom. The van der Waals surface area contributed by atoms with Gasteiger partial charge in [0.2, 0.25) is 5.89 Å². The Balaban J connectivity index is 1.86. The maximum absolute atomic E-state index is 10.9. The number of carbonyl (C=O) groups excluding carboxylic acids is 1. The number of hydrogen-bond donors (Lipinski definition) is 0. The highest BCUT2D eigenvalue weighted by Gasteiger charge is 2.19. The number of nitrogens with zero attached hydrogens (tertiary/aromatic N) is 3. The lowest BCUT2D eigenvalue weighted by Crippen LogP contribution is -2.31. The largest absolute Gasteiger partial charge is 0.339 e. The number of carbonyl (C=O) groups is 1. The minimum absolute atomic E-state index is 0.0663. The van der Waals surface area contributed by atoms with Crippen molar-refractivity contribution in [2.45, 2.75) is 32.6 Å². The zero-order valence-corrected chi connectivity index (χ0v) is 10.5. The number of Topliss-reactive ketones (excluding diaryl/α,β-unsaturated/α-hetero) is 1. The molecule has 1 saturated heterocycles. The van der Waals surface area contributed by atoms with Gasteiger partial charge in [0.05, 0.1) is 6.42 Å². The Morgan fingerprint density at radius 2 is 2.18 bits per heavy atom. The topological polar surface area (TPSA) is 59.2 Å². The lowest BCUT2D eigenvalue weighted by Gasteiger charge is -2.27. The molecule has 0 aliphatic carbocycles. The molecule has 0 bridgehead atoms.